The van der Waals surface area contributed by atoms with E-state index in [0.717, 1.165) is 54.0 Å². The van der Waals surface area contributed by atoms with E-state index in [2.05, 4.69) is 70.0 Å². The summed E-state index contributed by atoms with van der Waals surface area (Å²) in [6.45, 7) is 4.65. The van der Waals surface area contributed by atoms with Crippen LogP contribution in [0, 0.1) is 5.92 Å². The molecule has 5 aromatic heterocycles. The third-order valence-corrected chi connectivity index (χ3v) is 10.3. The van der Waals surface area contributed by atoms with Crippen LogP contribution in [0.5, 0.6) is 0 Å². The molecule has 1 aromatic carbocycles. The summed E-state index contributed by atoms with van der Waals surface area (Å²) in [7, 11) is 0. The number of nitrogens with zero attached hydrogens (tertiary/aromatic N) is 9. The van der Waals surface area contributed by atoms with Crippen LogP contribution in [0.1, 0.15) is 34.5 Å². The monoisotopic (exact) mass is 699 g/mol. The highest BCUT2D eigenvalue weighted by atomic mass is 32.1. The Kier molecular flexibility index (Phi) is 9.21. The Morgan fingerprint density at radius 3 is 2.51 bits per heavy atom. The number of para-hydroxylation sites is 1. The Labute approximate surface area is 299 Å². The first-order valence-corrected chi connectivity index (χ1v) is 17.9. The average molecular weight is 700 g/mol. The third-order valence-electron chi connectivity index (χ3n) is 9.43. The van der Waals surface area contributed by atoms with E-state index in [1.54, 1.807) is 34.5 Å². The van der Waals surface area contributed by atoms with Gasteiger partial charge >= 0.3 is 0 Å². The molecule has 0 radical (unpaired) electrons. The van der Waals surface area contributed by atoms with Crippen molar-refractivity contribution >= 4 is 34.7 Å². The summed E-state index contributed by atoms with van der Waals surface area (Å²) in [6, 6.07) is 20.2. The first kappa shape index (κ1) is 32.3. The van der Waals surface area contributed by atoms with Gasteiger partial charge in [-0.3, -0.25) is 14.6 Å². The van der Waals surface area contributed by atoms with Crippen LogP contribution in [0.3, 0.4) is 0 Å². The fourth-order valence-corrected chi connectivity index (χ4v) is 7.25. The van der Waals surface area contributed by atoms with Crippen molar-refractivity contribution < 1.29 is 9.59 Å². The van der Waals surface area contributed by atoms with E-state index in [4.69, 9.17) is 0 Å². The van der Waals surface area contributed by atoms with Crippen molar-refractivity contribution in [3.63, 3.8) is 0 Å². The number of aromatic nitrogens is 7. The van der Waals surface area contributed by atoms with Gasteiger partial charge in [-0.1, -0.05) is 35.5 Å². The van der Waals surface area contributed by atoms with Crippen LogP contribution in [0.15, 0.2) is 103 Å². The summed E-state index contributed by atoms with van der Waals surface area (Å²) in [5.74, 6) is 1.45. The van der Waals surface area contributed by atoms with Crippen LogP contribution < -0.4 is 20.4 Å². The van der Waals surface area contributed by atoms with Crippen LogP contribution in [-0.2, 0) is 17.9 Å². The summed E-state index contributed by atoms with van der Waals surface area (Å²) >= 11 is 1.63. The van der Waals surface area contributed by atoms with Crippen molar-refractivity contribution in [1.82, 2.24) is 45.1 Å². The molecular formula is C37H37N11O2S. The minimum atomic E-state index is -0.236. The SMILES string of the molecule is O=C(NC1CC(C(=O)NCc2ccc(N3CCN(c4ccccc4)CC3)nc2)C1)c1cncc(-n2cc(Cn3ccnc3-c3cccs3)nn2)c1. The first-order chi connectivity index (χ1) is 25.1. The van der Waals surface area contributed by atoms with E-state index in [1.807, 2.05) is 58.9 Å². The van der Waals surface area contributed by atoms with Crippen LogP contribution in [0.4, 0.5) is 11.5 Å². The van der Waals surface area contributed by atoms with Gasteiger partial charge in [0.2, 0.25) is 5.91 Å². The first-order valence-electron chi connectivity index (χ1n) is 17.1. The zero-order valence-electron chi connectivity index (χ0n) is 27.9. The van der Waals surface area contributed by atoms with Gasteiger partial charge in [-0.2, -0.15) is 0 Å². The lowest BCUT2D eigenvalue weighted by Gasteiger charge is -2.36. The lowest BCUT2D eigenvalue weighted by Crippen LogP contribution is -2.49. The second-order valence-electron chi connectivity index (χ2n) is 12.8. The molecule has 0 atom stereocenters. The molecule has 51 heavy (non-hydrogen) atoms. The van der Waals surface area contributed by atoms with E-state index >= 15 is 0 Å². The highest BCUT2D eigenvalue weighted by Gasteiger charge is 2.35. The van der Waals surface area contributed by atoms with Crippen LogP contribution in [-0.4, -0.2) is 78.5 Å². The van der Waals surface area contributed by atoms with Gasteiger partial charge in [0.25, 0.3) is 5.91 Å². The van der Waals surface area contributed by atoms with E-state index in [0.29, 0.717) is 37.2 Å². The topological polar surface area (TPSA) is 139 Å². The standard InChI is InChI=1S/C37H37N11O2S/c49-36(41-21-26-8-9-34(40-20-26)46-14-12-45(13-15-46)31-5-2-1-3-6-31)27-17-29(18-27)42-37(50)28-19-32(23-38-22-28)48-25-30(43-44-48)24-47-11-10-39-35(47)33-7-4-16-51-33/h1-11,16,19-20,22-23,25,27,29H,12-15,17-18,21,24H2,(H,41,49)(H,42,50). The Hall–Kier alpha value is -5.89. The van der Waals surface area contributed by atoms with Crippen molar-refractivity contribution in [2.24, 2.45) is 5.92 Å². The summed E-state index contributed by atoms with van der Waals surface area (Å²) < 4.78 is 3.64. The molecule has 6 aromatic rings. The molecule has 1 aliphatic heterocycles. The number of pyridine rings is 2. The predicted molar refractivity (Wildman–Crippen MR) is 195 cm³/mol. The summed E-state index contributed by atoms with van der Waals surface area (Å²) in [5.41, 5.74) is 4.01. The van der Waals surface area contributed by atoms with Crippen LogP contribution in [0.25, 0.3) is 16.4 Å². The number of hydrogen-bond acceptors (Lipinski definition) is 10. The molecule has 8 rings (SSSR count). The number of benzene rings is 1. The highest BCUT2D eigenvalue weighted by Crippen LogP contribution is 2.28. The number of carbonyl (C=O) groups is 2. The van der Waals surface area contributed by atoms with Crippen molar-refractivity contribution in [1.29, 1.82) is 0 Å². The number of anilines is 2. The number of amides is 2. The quantitative estimate of drug-likeness (QED) is 0.204. The van der Waals surface area contributed by atoms with Gasteiger partial charge < -0.3 is 25.0 Å². The molecule has 6 heterocycles. The molecule has 2 fully saturated rings. The Balaban J connectivity index is 0.779. The summed E-state index contributed by atoms with van der Waals surface area (Å²) in [4.78, 5) is 45.2. The van der Waals surface area contributed by atoms with E-state index in [-0.39, 0.29) is 23.8 Å². The van der Waals surface area contributed by atoms with Crippen LogP contribution >= 0.6 is 11.3 Å². The maximum atomic E-state index is 13.1. The molecule has 2 aliphatic rings. The fourth-order valence-electron chi connectivity index (χ4n) is 6.51. The lowest BCUT2D eigenvalue weighted by atomic mass is 9.79. The average Bonchev–Trinajstić information content (AvgIpc) is 3.96. The lowest BCUT2D eigenvalue weighted by molar-refractivity contribution is -0.128. The van der Waals surface area contributed by atoms with E-state index < -0.39 is 0 Å². The number of carbonyl (C=O) groups excluding carboxylic acids is 2. The Bertz CT molecular complexity index is 2080. The van der Waals surface area contributed by atoms with Gasteiger partial charge in [0.15, 0.2) is 0 Å². The van der Waals surface area contributed by atoms with Crippen molar-refractivity contribution in [2.75, 3.05) is 36.0 Å². The number of hydrogen-bond donors (Lipinski definition) is 2. The molecular weight excluding hydrogens is 663 g/mol. The maximum absolute atomic E-state index is 13.1. The largest absolute Gasteiger partial charge is 0.368 e. The van der Waals surface area contributed by atoms with E-state index in [1.165, 1.54) is 11.9 Å². The molecule has 13 nitrogen and oxygen atoms in total. The normalized spacial score (nSPS) is 17.2. The molecule has 14 heteroatoms. The van der Waals surface area contributed by atoms with Gasteiger partial charge in [0.1, 0.15) is 17.3 Å². The minimum absolute atomic E-state index is 0.00883. The van der Waals surface area contributed by atoms with Crippen molar-refractivity contribution in [3.05, 3.63) is 120 Å². The maximum Gasteiger partial charge on any atom is 0.253 e. The van der Waals surface area contributed by atoms with Gasteiger partial charge in [-0.15, -0.1) is 16.4 Å². The predicted octanol–water partition coefficient (Wildman–Crippen LogP) is 4.18. The number of rotatable bonds is 11. The molecule has 0 spiro atoms. The molecule has 258 valence electrons. The summed E-state index contributed by atoms with van der Waals surface area (Å²) in [6.07, 6.45) is 11.7. The van der Waals surface area contributed by atoms with Gasteiger partial charge in [0, 0.05) is 75.2 Å². The van der Waals surface area contributed by atoms with E-state index in [9.17, 15) is 9.59 Å². The molecule has 2 N–H and O–H groups in total. The smallest absolute Gasteiger partial charge is 0.253 e. The molecule has 1 saturated heterocycles. The van der Waals surface area contributed by atoms with Gasteiger partial charge in [-0.05, 0) is 54.1 Å². The zero-order valence-corrected chi connectivity index (χ0v) is 28.7. The molecule has 0 bridgehead atoms. The zero-order chi connectivity index (χ0) is 34.6. The van der Waals surface area contributed by atoms with Crippen molar-refractivity contribution in [2.45, 2.75) is 32.0 Å². The van der Waals surface area contributed by atoms with Crippen molar-refractivity contribution in [3.8, 4) is 16.4 Å². The number of thiophene rings is 1. The molecule has 0 unspecified atom stereocenters. The molecule has 2 amide bonds. The number of nitrogens with one attached hydrogen (secondary N) is 2. The number of piperazine rings is 1. The molecule has 1 aliphatic carbocycles. The van der Waals surface area contributed by atoms with Gasteiger partial charge in [-0.25, -0.2) is 14.6 Å². The minimum Gasteiger partial charge on any atom is -0.368 e. The number of imidazole rings is 1. The Morgan fingerprint density at radius 1 is 0.882 bits per heavy atom. The highest BCUT2D eigenvalue weighted by molar-refractivity contribution is 7.13. The van der Waals surface area contributed by atoms with Gasteiger partial charge in [0.05, 0.1) is 35.1 Å². The molecule has 1 saturated carbocycles. The fraction of sp³-hybridized carbons (Fsp3) is 0.270. The Morgan fingerprint density at radius 2 is 1.73 bits per heavy atom. The third kappa shape index (κ3) is 7.36. The second kappa shape index (κ2) is 14.5. The second-order valence-corrected chi connectivity index (χ2v) is 13.8. The van der Waals surface area contributed by atoms with Crippen LogP contribution in [0.2, 0.25) is 0 Å². The summed E-state index contributed by atoms with van der Waals surface area (Å²) in [5, 5.41) is 16.7.